The van der Waals surface area contributed by atoms with Crippen molar-refractivity contribution in [2.45, 2.75) is 87.5 Å². The number of hydrogen-bond acceptors (Lipinski definition) is 8. The summed E-state index contributed by atoms with van der Waals surface area (Å²) >= 11 is 0. The average Bonchev–Trinajstić information content (AvgIpc) is 3.60. The van der Waals surface area contributed by atoms with E-state index in [4.69, 9.17) is 0 Å². The molecule has 0 aromatic carbocycles. The largest absolute Gasteiger partial charge is 0.356 e. The molecule has 2 amide bonds. The highest BCUT2D eigenvalue weighted by Crippen LogP contribution is 2.40. The van der Waals surface area contributed by atoms with E-state index < -0.39 is 0 Å². The quantitative estimate of drug-likeness (QED) is 0.174. The predicted octanol–water partition coefficient (Wildman–Crippen LogP) is 5.04. The van der Waals surface area contributed by atoms with E-state index in [0.717, 1.165) is 88.5 Å². The Morgan fingerprint density at radius 1 is 0.639 bits per heavy atom. The molecule has 36 heavy (non-hydrogen) atoms. The first kappa shape index (κ1) is 30.8. The third-order valence-corrected chi connectivity index (χ3v) is 13.2. The van der Waals surface area contributed by atoms with Crippen LogP contribution in [0.15, 0.2) is 0 Å². The molecule has 3 heterocycles. The first-order chi connectivity index (χ1) is 17.7. The number of carbonyl (C=O) groups is 2. The number of nitrogens with zero attached hydrogens (tertiary/aromatic N) is 2. The monoisotopic (exact) mass is 576 g/mol. The van der Waals surface area contributed by atoms with E-state index in [1.54, 1.807) is 0 Å². The van der Waals surface area contributed by atoms with Crippen LogP contribution in [-0.4, -0.2) is 96.0 Å². The molecule has 3 rings (SSSR count). The Morgan fingerprint density at radius 2 is 1.08 bits per heavy atom. The second-order valence-electron chi connectivity index (χ2n) is 10.2. The van der Waals surface area contributed by atoms with Gasteiger partial charge in [0.15, 0.2) is 0 Å². The van der Waals surface area contributed by atoms with Crippen molar-refractivity contribution < 1.29 is 9.59 Å². The Hall–Kier alpha value is 0.260. The highest BCUT2D eigenvalue weighted by Gasteiger charge is 2.18. The van der Waals surface area contributed by atoms with Crippen LogP contribution in [-0.2, 0) is 9.59 Å². The highest BCUT2D eigenvalue weighted by molar-refractivity contribution is 8.77. The fourth-order valence-corrected chi connectivity index (χ4v) is 11.0. The summed E-state index contributed by atoms with van der Waals surface area (Å²) in [6.07, 6.45) is 13.1. The third-order valence-electron chi connectivity index (χ3n) is 7.23. The van der Waals surface area contributed by atoms with Crippen molar-refractivity contribution in [2.75, 3.05) is 63.9 Å². The van der Waals surface area contributed by atoms with E-state index in [0.29, 0.717) is 12.8 Å². The Morgan fingerprint density at radius 3 is 1.47 bits per heavy atom. The van der Waals surface area contributed by atoms with Crippen LogP contribution in [0, 0.1) is 0 Å². The van der Waals surface area contributed by atoms with Gasteiger partial charge in [-0.1, -0.05) is 56.0 Å². The molecule has 2 N–H and O–H groups in total. The number of amides is 2. The van der Waals surface area contributed by atoms with E-state index in [2.05, 4.69) is 20.4 Å². The lowest BCUT2D eigenvalue weighted by Gasteiger charge is -2.34. The molecule has 3 aliphatic rings. The van der Waals surface area contributed by atoms with Crippen molar-refractivity contribution in [1.82, 2.24) is 20.4 Å². The molecule has 0 aromatic rings. The van der Waals surface area contributed by atoms with Crippen LogP contribution in [0.5, 0.6) is 0 Å². The molecule has 0 spiro atoms. The van der Waals surface area contributed by atoms with Gasteiger partial charge in [0.1, 0.15) is 0 Å². The second kappa shape index (κ2) is 19.3. The average molecular weight is 577 g/mol. The summed E-state index contributed by atoms with van der Waals surface area (Å²) in [7, 11) is 8.07. The van der Waals surface area contributed by atoms with Gasteiger partial charge in [-0.2, -0.15) is 0 Å². The molecule has 3 aliphatic heterocycles. The van der Waals surface area contributed by atoms with Crippen molar-refractivity contribution in [3.05, 3.63) is 0 Å². The lowest BCUT2D eigenvalue weighted by atomic mass is 10.1. The van der Waals surface area contributed by atoms with Gasteiger partial charge in [0.25, 0.3) is 0 Å². The summed E-state index contributed by atoms with van der Waals surface area (Å²) in [6.45, 7) is 8.16. The molecule has 3 saturated heterocycles. The maximum absolute atomic E-state index is 12.0. The smallest absolute Gasteiger partial charge is 0.219 e. The number of hydrogen-bond donors (Lipinski definition) is 2. The molecular formula is C26H48N4O2S4. The Kier molecular flexibility index (Phi) is 16.5. The van der Waals surface area contributed by atoms with E-state index in [1.807, 2.05) is 43.2 Å². The van der Waals surface area contributed by atoms with Crippen molar-refractivity contribution in [3.8, 4) is 0 Å². The number of nitrogens with one attached hydrogen (secondary N) is 2. The van der Waals surface area contributed by atoms with Crippen molar-refractivity contribution in [1.29, 1.82) is 0 Å². The van der Waals surface area contributed by atoms with Crippen molar-refractivity contribution in [2.24, 2.45) is 0 Å². The Bertz CT molecular complexity index is 559. The normalized spacial score (nSPS) is 23.2. The van der Waals surface area contributed by atoms with Crippen LogP contribution in [0.4, 0.5) is 0 Å². The minimum Gasteiger partial charge on any atom is -0.356 e. The van der Waals surface area contributed by atoms with Gasteiger partial charge in [0.2, 0.25) is 11.8 Å². The van der Waals surface area contributed by atoms with Gasteiger partial charge in [-0.05, 0) is 64.5 Å². The minimum absolute atomic E-state index is 0.225. The first-order valence-electron chi connectivity index (χ1n) is 14.2. The summed E-state index contributed by atoms with van der Waals surface area (Å²) < 4.78 is 0. The van der Waals surface area contributed by atoms with E-state index in [1.165, 1.54) is 50.0 Å². The summed E-state index contributed by atoms with van der Waals surface area (Å²) in [4.78, 5) is 29.1. The van der Waals surface area contributed by atoms with Gasteiger partial charge < -0.3 is 20.4 Å². The molecule has 0 saturated carbocycles. The van der Waals surface area contributed by atoms with Gasteiger partial charge in [-0.25, -0.2) is 0 Å². The summed E-state index contributed by atoms with van der Waals surface area (Å²) in [5, 5.41) is 7.87. The van der Waals surface area contributed by atoms with E-state index in [9.17, 15) is 9.59 Å². The number of piperazine rings is 1. The molecule has 0 unspecified atom stereocenters. The Balaban J connectivity index is 1.07. The fraction of sp³-hybridized carbons (Fsp3) is 0.923. The third kappa shape index (κ3) is 13.9. The molecule has 3 fully saturated rings. The molecule has 0 aromatic heterocycles. The van der Waals surface area contributed by atoms with Gasteiger partial charge in [0, 0.05) is 74.1 Å². The number of rotatable bonds is 18. The number of unbranched alkanes of at least 4 members (excludes halogenated alkanes) is 2. The van der Waals surface area contributed by atoms with Gasteiger partial charge >= 0.3 is 0 Å². The molecule has 208 valence electrons. The summed E-state index contributed by atoms with van der Waals surface area (Å²) in [6, 6.07) is 0. The van der Waals surface area contributed by atoms with Crippen molar-refractivity contribution in [3.63, 3.8) is 0 Å². The topological polar surface area (TPSA) is 64.7 Å². The zero-order chi connectivity index (χ0) is 25.3. The zero-order valence-electron chi connectivity index (χ0n) is 22.1. The second-order valence-corrected chi connectivity index (χ2v) is 15.8. The van der Waals surface area contributed by atoms with Crippen LogP contribution < -0.4 is 10.6 Å². The predicted molar refractivity (Wildman–Crippen MR) is 162 cm³/mol. The van der Waals surface area contributed by atoms with Gasteiger partial charge in [-0.3, -0.25) is 9.59 Å². The molecule has 6 nitrogen and oxygen atoms in total. The summed E-state index contributed by atoms with van der Waals surface area (Å²) in [5.74, 6) is 3.04. The molecular weight excluding hydrogens is 529 g/mol. The molecule has 0 bridgehead atoms. The van der Waals surface area contributed by atoms with Crippen LogP contribution in [0.2, 0.25) is 0 Å². The van der Waals surface area contributed by atoms with Crippen LogP contribution in [0.3, 0.4) is 0 Å². The minimum atomic E-state index is 0.225. The molecule has 0 aliphatic carbocycles. The lowest BCUT2D eigenvalue weighted by molar-refractivity contribution is -0.122. The van der Waals surface area contributed by atoms with Crippen LogP contribution >= 0.6 is 43.2 Å². The summed E-state index contributed by atoms with van der Waals surface area (Å²) in [5.41, 5.74) is 0. The molecule has 10 heteroatoms. The maximum Gasteiger partial charge on any atom is 0.219 e. The fourth-order valence-electron chi connectivity index (χ4n) is 4.92. The lowest BCUT2D eigenvalue weighted by Crippen LogP contribution is -2.47. The maximum atomic E-state index is 12.0. The first-order valence-corrected chi connectivity index (χ1v) is 19.0. The molecule has 0 radical (unpaired) electrons. The van der Waals surface area contributed by atoms with Crippen molar-refractivity contribution >= 4 is 55.0 Å². The Labute approximate surface area is 235 Å². The number of carbonyl (C=O) groups excluding carboxylic acids is 2. The van der Waals surface area contributed by atoms with E-state index in [-0.39, 0.29) is 11.8 Å². The standard InChI is InChI=1S/C26H48N4O2S4/c31-25(9-3-1-7-23-11-21-33-35-23)27-13-5-15-29-17-19-30(20-18-29)16-6-14-28-26(32)10-4-2-8-24-12-22-34-36-24/h23-24H,1-22H2,(H,27,31)(H,28,32)/t23-,24-/m1/s1. The highest BCUT2D eigenvalue weighted by atomic mass is 33.1. The molecule has 2 atom stereocenters. The zero-order valence-corrected chi connectivity index (χ0v) is 25.3. The van der Waals surface area contributed by atoms with Crippen LogP contribution in [0.1, 0.15) is 77.0 Å². The van der Waals surface area contributed by atoms with E-state index >= 15 is 0 Å². The van der Waals surface area contributed by atoms with Crippen LogP contribution in [0.25, 0.3) is 0 Å². The van der Waals surface area contributed by atoms with Gasteiger partial charge in [-0.15, -0.1) is 0 Å². The SMILES string of the molecule is O=C(CCCC[C@@H]1CCSS1)NCCCN1CCN(CCCNC(=O)CCCC[C@@H]2CCSS2)CC1. The van der Waals surface area contributed by atoms with Gasteiger partial charge in [0.05, 0.1) is 0 Å².